The third-order valence-electron chi connectivity index (χ3n) is 2.93. The second-order valence-corrected chi connectivity index (χ2v) is 4.82. The van der Waals surface area contributed by atoms with Crippen molar-refractivity contribution in [2.75, 3.05) is 21.3 Å². The van der Waals surface area contributed by atoms with Gasteiger partial charge in [-0.05, 0) is 47.2 Å². The van der Waals surface area contributed by atoms with Gasteiger partial charge in [0, 0.05) is 5.56 Å². The molecule has 4 nitrogen and oxygen atoms in total. The summed E-state index contributed by atoms with van der Waals surface area (Å²) in [6.45, 7) is 0. The van der Waals surface area contributed by atoms with Crippen LogP contribution in [0.2, 0.25) is 0 Å². The molecule has 0 saturated carbocycles. The highest BCUT2D eigenvalue weighted by Crippen LogP contribution is 2.37. The van der Waals surface area contributed by atoms with Gasteiger partial charge < -0.3 is 19.2 Å². The first-order valence-electron chi connectivity index (χ1n) is 5.83. The average Bonchev–Trinajstić information content (AvgIpc) is 2.94. The SMILES string of the molecule is CNC(c1ccco1)c1cc(OC)c(Br)cc1OC. The smallest absolute Gasteiger partial charge is 0.133 e. The van der Waals surface area contributed by atoms with Crippen LogP contribution in [0.5, 0.6) is 11.5 Å². The van der Waals surface area contributed by atoms with Crippen LogP contribution in [0, 0.1) is 0 Å². The molecular formula is C14H16BrNO3. The lowest BCUT2D eigenvalue weighted by Gasteiger charge is -2.19. The van der Waals surface area contributed by atoms with Crippen molar-refractivity contribution in [1.82, 2.24) is 5.32 Å². The van der Waals surface area contributed by atoms with Crippen LogP contribution in [-0.2, 0) is 0 Å². The predicted octanol–water partition coefficient (Wildman–Crippen LogP) is 3.37. The molecule has 1 aromatic carbocycles. The van der Waals surface area contributed by atoms with Crippen molar-refractivity contribution < 1.29 is 13.9 Å². The summed E-state index contributed by atoms with van der Waals surface area (Å²) >= 11 is 3.45. The van der Waals surface area contributed by atoms with Gasteiger partial charge in [0.05, 0.1) is 31.0 Å². The molecule has 2 aromatic rings. The Morgan fingerprint density at radius 1 is 1.21 bits per heavy atom. The van der Waals surface area contributed by atoms with E-state index in [1.165, 1.54) is 0 Å². The number of methoxy groups -OCH3 is 2. The van der Waals surface area contributed by atoms with Crippen LogP contribution in [0.25, 0.3) is 0 Å². The van der Waals surface area contributed by atoms with Crippen LogP contribution in [0.4, 0.5) is 0 Å². The maximum atomic E-state index is 5.47. The van der Waals surface area contributed by atoms with Gasteiger partial charge in [-0.25, -0.2) is 0 Å². The summed E-state index contributed by atoms with van der Waals surface area (Å²) < 4.78 is 17.1. The highest BCUT2D eigenvalue weighted by atomic mass is 79.9. The predicted molar refractivity (Wildman–Crippen MR) is 76.9 cm³/mol. The Kier molecular flexibility index (Phi) is 4.50. The summed E-state index contributed by atoms with van der Waals surface area (Å²) in [5.41, 5.74) is 0.958. The first kappa shape index (κ1) is 14.0. The molecule has 0 spiro atoms. The number of halogens is 1. The number of hydrogen-bond acceptors (Lipinski definition) is 4. The molecule has 2 rings (SSSR count). The van der Waals surface area contributed by atoms with Gasteiger partial charge in [0.25, 0.3) is 0 Å². The van der Waals surface area contributed by atoms with E-state index in [0.717, 1.165) is 27.3 Å². The lowest BCUT2D eigenvalue weighted by Crippen LogP contribution is -2.18. The molecule has 0 fully saturated rings. The second-order valence-electron chi connectivity index (χ2n) is 3.97. The van der Waals surface area contributed by atoms with Gasteiger partial charge in [-0.15, -0.1) is 0 Å². The summed E-state index contributed by atoms with van der Waals surface area (Å²) in [6.07, 6.45) is 1.65. The molecule has 0 amide bonds. The number of nitrogens with one attached hydrogen (secondary N) is 1. The highest BCUT2D eigenvalue weighted by molar-refractivity contribution is 9.10. The van der Waals surface area contributed by atoms with E-state index >= 15 is 0 Å². The fraction of sp³-hybridized carbons (Fsp3) is 0.286. The Hall–Kier alpha value is -1.46. The molecule has 0 bridgehead atoms. The van der Waals surface area contributed by atoms with Gasteiger partial charge in [0.1, 0.15) is 17.3 Å². The third kappa shape index (κ3) is 2.77. The number of rotatable bonds is 5. The maximum absolute atomic E-state index is 5.47. The number of furan rings is 1. The van der Waals surface area contributed by atoms with Crippen molar-refractivity contribution in [3.8, 4) is 11.5 Å². The second kappa shape index (κ2) is 6.12. The minimum Gasteiger partial charge on any atom is -0.496 e. The summed E-state index contributed by atoms with van der Waals surface area (Å²) in [4.78, 5) is 0. The Morgan fingerprint density at radius 2 is 1.95 bits per heavy atom. The molecule has 1 atom stereocenters. The van der Waals surface area contributed by atoms with E-state index in [9.17, 15) is 0 Å². The summed E-state index contributed by atoms with van der Waals surface area (Å²) in [6, 6.07) is 7.53. The molecule has 1 aromatic heterocycles. The standard InChI is InChI=1S/C14H16BrNO3/c1-16-14(11-5-4-6-19-11)9-7-13(18-3)10(15)8-12(9)17-2/h4-8,14,16H,1-3H3. The summed E-state index contributed by atoms with van der Waals surface area (Å²) in [5, 5.41) is 3.22. The fourth-order valence-electron chi connectivity index (χ4n) is 2.02. The number of hydrogen-bond donors (Lipinski definition) is 1. The van der Waals surface area contributed by atoms with Crippen molar-refractivity contribution in [3.63, 3.8) is 0 Å². The number of ether oxygens (including phenoxy) is 2. The molecular weight excluding hydrogens is 310 g/mol. The van der Waals surface area contributed by atoms with Gasteiger partial charge in [-0.2, -0.15) is 0 Å². The quantitative estimate of drug-likeness (QED) is 0.915. The Morgan fingerprint density at radius 3 is 2.47 bits per heavy atom. The largest absolute Gasteiger partial charge is 0.496 e. The highest BCUT2D eigenvalue weighted by Gasteiger charge is 2.21. The van der Waals surface area contributed by atoms with Crippen LogP contribution in [-0.4, -0.2) is 21.3 Å². The summed E-state index contributed by atoms with van der Waals surface area (Å²) in [5.74, 6) is 2.34. The number of benzene rings is 1. The van der Waals surface area contributed by atoms with Crippen LogP contribution in [0.1, 0.15) is 17.4 Å². The van der Waals surface area contributed by atoms with Crippen LogP contribution < -0.4 is 14.8 Å². The molecule has 0 radical (unpaired) electrons. The molecule has 1 unspecified atom stereocenters. The minimum atomic E-state index is -0.0908. The zero-order chi connectivity index (χ0) is 13.8. The third-order valence-corrected chi connectivity index (χ3v) is 3.55. The zero-order valence-corrected chi connectivity index (χ0v) is 12.7. The van der Waals surface area contributed by atoms with Crippen LogP contribution in [0.15, 0.2) is 39.4 Å². The lowest BCUT2D eigenvalue weighted by atomic mass is 10.0. The molecule has 0 aliphatic carbocycles. The van der Waals surface area contributed by atoms with Crippen molar-refractivity contribution >= 4 is 15.9 Å². The molecule has 0 aliphatic heterocycles. The lowest BCUT2D eigenvalue weighted by molar-refractivity contribution is 0.386. The average molecular weight is 326 g/mol. The normalized spacial score (nSPS) is 12.2. The van der Waals surface area contributed by atoms with Crippen molar-refractivity contribution in [2.45, 2.75) is 6.04 Å². The van der Waals surface area contributed by atoms with E-state index in [1.54, 1.807) is 20.5 Å². The van der Waals surface area contributed by atoms with Crippen molar-refractivity contribution in [1.29, 1.82) is 0 Å². The van der Waals surface area contributed by atoms with Gasteiger partial charge in [0.15, 0.2) is 0 Å². The molecule has 102 valence electrons. The van der Waals surface area contributed by atoms with E-state index in [2.05, 4.69) is 21.2 Å². The van der Waals surface area contributed by atoms with Gasteiger partial charge in [0.2, 0.25) is 0 Å². The monoisotopic (exact) mass is 325 g/mol. The van der Waals surface area contributed by atoms with E-state index in [1.807, 2.05) is 31.3 Å². The Labute approximate surface area is 120 Å². The van der Waals surface area contributed by atoms with E-state index < -0.39 is 0 Å². The van der Waals surface area contributed by atoms with Gasteiger partial charge in [-0.3, -0.25) is 0 Å². The van der Waals surface area contributed by atoms with Gasteiger partial charge in [-0.1, -0.05) is 0 Å². The van der Waals surface area contributed by atoms with E-state index in [0.29, 0.717) is 0 Å². The van der Waals surface area contributed by atoms with Crippen molar-refractivity contribution in [3.05, 3.63) is 46.3 Å². The molecule has 5 heteroatoms. The molecule has 1 N–H and O–H groups in total. The molecule has 0 aliphatic rings. The van der Waals surface area contributed by atoms with E-state index in [-0.39, 0.29) is 6.04 Å². The van der Waals surface area contributed by atoms with Gasteiger partial charge >= 0.3 is 0 Å². The maximum Gasteiger partial charge on any atom is 0.133 e. The minimum absolute atomic E-state index is 0.0908. The molecule has 19 heavy (non-hydrogen) atoms. The fourth-order valence-corrected chi connectivity index (χ4v) is 2.50. The zero-order valence-electron chi connectivity index (χ0n) is 11.1. The molecule has 1 heterocycles. The first-order valence-corrected chi connectivity index (χ1v) is 6.62. The van der Waals surface area contributed by atoms with Crippen molar-refractivity contribution in [2.24, 2.45) is 0 Å². The molecule has 0 saturated heterocycles. The van der Waals surface area contributed by atoms with Crippen LogP contribution >= 0.6 is 15.9 Å². The first-order chi connectivity index (χ1) is 9.21. The Bertz CT molecular complexity index is 540. The van der Waals surface area contributed by atoms with Crippen LogP contribution in [0.3, 0.4) is 0 Å². The van der Waals surface area contributed by atoms with E-state index in [4.69, 9.17) is 13.9 Å². The topological polar surface area (TPSA) is 43.6 Å². The Balaban J connectivity index is 2.52. The summed E-state index contributed by atoms with van der Waals surface area (Å²) in [7, 11) is 5.16.